The predicted molar refractivity (Wildman–Crippen MR) is 47.0 cm³/mol. The minimum Gasteiger partial charge on any atom is -0.361 e. The highest BCUT2D eigenvalue weighted by molar-refractivity contribution is 5.23. The molecule has 1 aliphatic rings. The van der Waals surface area contributed by atoms with E-state index in [1.165, 1.54) is 18.4 Å². The maximum Gasteiger partial charge on any atom is 0.142 e. The van der Waals surface area contributed by atoms with Gasteiger partial charge in [-0.1, -0.05) is 19.0 Å². The van der Waals surface area contributed by atoms with Crippen molar-refractivity contribution >= 4 is 0 Å². The molecule has 0 bridgehead atoms. The smallest absolute Gasteiger partial charge is 0.142 e. The van der Waals surface area contributed by atoms with Crippen LogP contribution in [0.4, 0.5) is 0 Å². The van der Waals surface area contributed by atoms with Gasteiger partial charge in [0.1, 0.15) is 5.76 Å². The second kappa shape index (κ2) is 2.92. The van der Waals surface area contributed by atoms with Crippen molar-refractivity contribution in [1.82, 2.24) is 5.16 Å². The first-order chi connectivity index (χ1) is 5.77. The van der Waals surface area contributed by atoms with E-state index in [4.69, 9.17) is 4.52 Å². The summed E-state index contributed by atoms with van der Waals surface area (Å²) in [6.45, 7) is 4.52. The van der Waals surface area contributed by atoms with Crippen molar-refractivity contribution in [2.24, 2.45) is 5.92 Å². The number of hydrogen-bond acceptors (Lipinski definition) is 2. The summed E-state index contributed by atoms with van der Waals surface area (Å²) in [7, 11) is 0. The average Bonchev–Trinajstić information content (AvgIpc) is 2.52. The third-order valence-electron chi connectivity index (χ3n) is 2.56. The highest BCUT2D eigenvalue weighted by Gasteiger charge is 2.27. The molecular weight excluding hydrogens is 150 g/mol. The summed E-state index contributed by atoms with van der Waals surface area (Å²) in [5, 5.41) is 3.83. The second-order valence-electron chi connectivity index (χ2n) is 4.08. The van der Waals surface area contributed by atoms with Crippen LogP contribution < -0.4 is 0 Å². The first kappa shape index (κ1) is 7.84. The first-order valence-corrected chi connectivity index (χ1v) is 4.71. The standard InChI is InChI=1S/C10H15NO/c1-7(2)5-8-3-4-9-6-11-12-10(8)9/h6-8H,3-5H2,1-2H3. The molecule has 2 rings (SSSR count). The van der Waals surface area contributed by atoms with E-state index >= 15 is 0 Å². The lowest BCUT2D eigenvalue weighted by atomic mass is 9.96. The van der Waals surface area contributed by atoms with Crippen molar-refractivity contribution in [3.8, 4) is 0 Å². The molecule has 2 heteroatoms. The number of rotatable bonds is 2. The van der Waals surface area contributed by atoms with Gasteiger partial charge in [-0.25, -0.2) is 0 Å². The van der Waals surface area contributed by atoms with Crippen LogP contribution in [0.25, 0.3) is 0 Å². The van der Waals surface area contributed by atoms with Gasteiger partial charge in [-0.15, -0.1) is 0 Å². The van der Waals surface area contributed by atoms with Gasteiger partial charge in [0.25, 0.3) is 0 Å². The van der Waals surface area contributed by atoms with Crippen LogP contribution in [-0.4, -0.2) is 5.16 Å². The monoisotopic (exact) mass is 165 g/mol. The van der Waals surface area contributed by atoms with Gasteiger partial charge in [0.15, 0.2) is 0 Å². The van der Waals surface area contributed by atoms with Gasteiger partial charge in [0, 0.05) is 11.5 Å². The lowest BCUT2D eigenvalue weighted by Crippen LogP contribution is -1.97. The molecule has 0 amide bonds. The summed E-state index contributed by atoms with van der Waals surface area (Å²) in [5.41, 5.74) is 1.33. The third kappa shape index (κ3) is 1.26. The number of hydrogen-bond donors (Lipinski definition) is 0. The summed E-state index contributed by atoms with van der Waals surface area (Å²) in [6.07, 6.45) is 5.53. The van der Waals surface area contributed by atoms with Crippen LogP contribution in [0, 0.1) is 5.92 Å². The lowest BCUT2D eigenvalue weighted by Gasteiger charge is -2.10. The van der Waals surface area contributed by atoms with Crippen LogP contribution in [0.15, 0.2) is 10.7 Å². The zero-order valence-corrected chi connectivity index (χ0v) is 7.71. The Hall–Kier alpha value is -0.790. The minimum absolute atomic E-state index is 0.641. The van der Waals surface area contributed by atoms with Gasteiger partial charge in [0.2, 0.25) is 0 Å². The second-order valence-corrected chi connectivity index (χ2v) is 4.08. The van der Waals surface area contributed by atoms with Crippen LogP contribution in [-0.2, 0) is 6.42 Å². The van der Waals surface area contributed by atoms with E-state index in [1.807, 2.05) is 6.20 Å². The molecular formula is C10H15NO. The summed E-state index contributed by atoms with van der Waals surface area (Å²) in [5.74, 6) is 2.55. The summed E-state index contributed by atoms with van der Waals surface area (Å²) in [6, 6.07) is 0. The van der Waals surface area contributed by atoms with Gasteiger partial charge in [-0.05, 0) is 25.2 Å². The normalized spacial score (nSPS) is 21.8. The van der Waals surface area contributed by atoms with Gasteiger partial charge < -0.3 is 4.52 Å². The molecule has 0 spiro atoms. The van der Waals surface area contributed by atoms with Gasteiger partial charge in [-0.3, -0.25) is 0 Å². The quantitative estimate of drug-likeness (QED) is 0.673. The number of fused-ring (bicyclic) bond motifs is 1. The Kier molecular flexibility index (Phi) is 1.91. The Morgan fingerprint density at radius 2 is 2.50 bits per heavy atom. The molecule has 0 N–H and O–H groups in total. The van der Waals surface area contributed by atoms with Crippen molar-refractivity contribution < 1.29 is 4.52 Å². The van der Waals surface area contributed by atoms with E-state index in [9.17, 15) is 0 Å². The average molecular weight is 165 g/mol. The van der Waals surface area contributed by atoms with E-state index in [-0.39, 0.29) is 0 Å². The molecule has 0 fully saturated rings. The molecule has 0 aliphatic heterocycles. The molecule has 1 unspecified atom stereocenters. The molecule has 1 heterocycles. The molecule has 0 saturated carbocycles. The molecule has 0 aromatic carbocycles. The highest BCUT2D eigenvalue weighted by Crippen LogP contribution is 2.36. The molecule has 12 heavy (non-hydrogen) atoms. The fourth-order valence-electron chi connectivity index (χ4n) is 2.05. The fraction of sp³-hybridized carbons (Fsp3) is 0.700. The maximum atomic E-state index is 5.24. The van der Waals surface area contributed by atoms with E-state index in [0.717, 1.165) is 18.1 Å². The van der Waals surface area contributed by atoms with Crippen molar-refractivity contribution in [2.45, 2.75) is 39.0 Å². The first-order valence-electron chi connectivity index (χ1n) is 4.71. The van der Waals surface area contributed by atoms with E-state index < -0.39 is 0 Å². The summed E-state index contributed by atoms with van der Waals surface area (Å²) >= 11 is 0. The van der Waals surface area contributed by atoms with Crippen LogP contribution in [0.3, 0.4) is 0 Å². The Balaban J connectivity index is 2.12. The van der Waals surface area contributed by atoms with Crippen LogP contribution in [0.2, 0.25) is 0 Å². The zero-order chi connectivity index (χ0) is 8.55. The van der Waals surface area contributed by atoms with Crippen molar-refractivity contribution in [1.29, 1.82) is 0 Å². The number of aryl methyl sites for hydroxylation is 1. The Bertz CT molecular complexity index is 265. The summed E-state index contributed by atoms with van der Waals surface area (Å²) in [4.78, 5) is 0. The van der Waals surface area contributed by atoms with Gasteiger partial charge in [-0.2, -0.15) is 0 Å². The van der Waals surface area contributed by atoms with Crippen LogP contribution in [0.5, 0.6) is 0 Å². The van der Waals surface area contributed by atoms with Gasteiger partial charge >= 0.3 is 0 Å². The maximum absolute atomic E-state index is 5.24. The van der Waals surface area contributed by atoms with E-state index in [2.05, 4.69) is 19.0 Å². The molecule has 1 aromatic rings. The zero-order valence-electron chi connectivity index (χ0n) is 7.71. The third-order valence-corrected chi connectivity index (χ3v) is 2.56. The Morgan fingerprint density at radius 3 is 3.25 bits per heavy atom. The Labute approximate surface area is 72.9 Å². The summed E-state index contributed by atoms with van der Waals surface area (Å²) < 4.78 is 5.24. The number of nitrogens with zero attached hydrogens (tertiary/aromatic N) is 1. The predicted octanol–water partition coefficient (Wildman–Crippen LogP) is 2.75. The van der Waals surface area contributed by atoms with Crippen molar-refractivity contribution in [3.63, 3.8) is 0 Å². The molecule has 2 nitrogen and oxygen atoms in total. The van der Waals surface area contributed by atoms with Crippen molar-refractivity contribution in [2.75, 3.05) is 0 Å². The topological polar surface area (TPSA) is 26.0 Å². The van der Waals surface area contributed by atoms with E-state index in [0.29, 0.717) is 5.92 Å². The van der Waals surface area contributed by atoms with Gasteiger partial charge in [0.05, 0.1) is 6.20 Å². The SMILES string of the molecule is CC(C)CC1CCc2cnoc21. The van der Waals surface area contributed by atoms with Crippen LogP contribution >= 0.6 is 0 Å². The largest absolute Gasteiger partial charge is 0.361 e. The molecule has 1 atom stereocenters. The molecule has 0 radical (unpaired) electrons. The molecule has 66 valence electrons. The van der Waals surface area contributed by atoms with Crippen molar-refractivity contribution in [3.05, 3.63) is 17.5 Å². The van der Waals surface area contributed by atoms with E-state index in [1.54, 1.807) is 0 Å². The Morgan fingerprint density at radius 1 is 1.67 bits per heavy atom. The molecule has 1 aromatic heterocycles. The minimum atomic E-state index is 0.641. The molecule has 0 saturated heterocycles. The lowest BCUT2D eigenvalue weighted by molar-refractivity contribution is 0.342. The van der Waals surface area contributed by atoms with Crippen LogP contribution in [0.1, 0.15) is 43.9 Å². The number of aromatic nitrogens is 1. The molecule has 1 aliphatic carbocycles. The fourth-order valence-corrected chi connectivity index (χ4v) is 2.05. The highest BCUT2D eigenvalue weighted by atomic mass is 16.5.